The molecule has 1 amide bonds. The number of carbonyl (C=O) groups excluding carboxylic acids is 1. The van der Waals surface area contributed by atoms with E-state index in [-0.39, 0.29) is 5.91 Å². The van der Waals surface area contributed by atoms with Gasteiger partial charge in [0.1, 0.15) is 11.0 Å². The van der Waals surface area contributed by atoms with Crippen molar-refractivity contribution in [2.75, 3.05) is 5.32 Å². The summed E-state index contributed by atoms with van der Waals surface area (Å²) in [6.45, 7) is 5.84. The summed E-state index contributed by atoms with van der Waals surface area (Å²) in [5, 5.41) is 11.0. The van der Waals surface area contributed by atoms with Gasteiger partial charge in [-0.1, -0.05) is 36.4 Å². The maximum atomic E-state index is 13.2. The lowest BCUT2D eigenvalue weighted by Gasteiger charge is -2.16. The number of aromatic nitrogens is 2. The third kappa shape index (κ3) is 4.46. The van der Waals surface area contributed by atoms with Gasteiger partial charge in [0.25, 0.3) is 11.1 Å². The molecule has 7 heteroatoms. The van der Waals surface area contributed by atoms with Crippen molar-refractivity contribution >= 4 is 23.4 Å². The summed E-state index contributed by atoms with van der Waals surface area (Å²) < 4.78 is 11.1. The monoisotopic (exact) mass is 419 g/mol. The fourth-order valence-corrected chi connectivity index (χ4v) is 4.11. The van der Waals surface area contributed by atoms with E-state index in [0.717, 1.165) is 27.9 Å². The minimum Gasteiger partial charge on any atom is -0.469 e. The average molecular weight is 420 g/mol. The van der Waals surface area contributed by atoms with Gasteiger partial charge < -0.3 is 14.2 Å². The molecule has 0 bridgehead atoms. The highest BCUT2D eigenvalue weighted by molar-refractivity contribution is 8.00. The normalized spacial score (nSPS) is 12.0. The van der Waals surface area contributed by atoms with E-state index >= 15 is 0 Å². The molecule has 0 saturated carbocycles. The largest absolute Gasteiger partial charge is 0.469 e. The maximum Gasteiger partial charge on any atom is 0.277 e. The van der Waals surface area contributed by atoms with Crippen LogP contribution in [0.3, 0.4) is 0 Å². The van der Waals surface area contributed by atoms with Gasteiger partial charge in [-0.2, -0.15) is 0 Å². The van der Waals surface area contributed by atoms with Crippen molar-refractivity contribution in [3.05, 3.63) is 83.3 Å². The van der Waals surface area contributed by atoms with Crippen LogP contribution in [0.15, 0.2) is 74.9 Å². The molecule has 4 rings (SSSR count). The summed E-state index contributed by atoms with van der Waals surface area (Å²) in [5.74, 6) is 0.906. The Kier molecular flexibility index (Phi) is 5.72. The van der Waals surface area contributed by atoms with Crippen LogP contribution in [0.25, 0.3) is 11.5 Å². The van der Waals surface area contributed by atoms with Crippen molar-refractivity contribution in [2.24, 2.45) is 0 Å². The Balaban J connectivity index is 1.60. The summed E-state index contributed by atoms with van der Waals surface area (Å²) in [7, 11) is 0. The first-order chi connectivity index (χ1) is 14.5. The number of hydrogen-bond acceptors (Lipinski definition) is 6. The first kappa shape index (κ1) is 20.0. The number of benzene rings is 2. The van der Waals surface area contributed by atoms with Gasteiger partial charge >= 0.3 is 0 Å². The molecule has 30 heavy (non-hydrogen) atoms. The molecular formula is C23H21N3O3S. The fraction of sp³-hybridized carbons (Fsp3) is 0.174. The molecule has 0 aliphatic heterocycles. The van der Waals surface area contributed by atoms with Crippen LogP contribution in [0, 0.1) is 20.8 Å². The number of amides is 1. The van der Waals surface area contributed by atoms with E-state index in [1.54, 1.807) is 12.3 Å². The highest BCUT2D eigenvalue weighted by Crippen LogP contribution is 2.37. The van der Waals surface area contributed by atoms with Crippen LogP contribution >= 0.6 is 11.8 Å². The Morgan fingerprint density at radius 2 is 1.73 bits per heavy atom. The number of aryl methyl sites for hydroxylation is 3. The molecule has 6 nitrogen and oxygen atoms in total. The standard InChI is InChI=1S/C23H21N3O3S/c1-14-11-15(2)13-18(12-14)24-21(27)20(17-7-5-4-6-8-17)30-23-26-25-22(29-23)19-9-10-28-16(19)3/h4-13,20H,1-3H3,(H,24,27). The molecule has 0 spiro atoms. The highest BCUT2D eigenvalue weighted by Gasteiger charge is 2.25. The minimum atomic E-state index is -0.550. The van der Waals surface area contributed by atoms with Crippen molar-refractivity contribution in [3.8, 4) is 11.5 Å². The molecule has 0 radical (unpaired) electrons. The van der Waals surface area contributed by atoms with Gasteiger partial charge in [0.05, 0.1) is 11.8 Å². The highest BCUT2D eigenvalue weighted by atomic mass is 32.2. The smallest absolute Gasteiger partial charge is 0.277 e. The van der Waals surface area contributed by atoms with Crippen LogP contribution in [0.1, 0.15) is 27.7 Å². The number of hydrogen-bond donors (Lipinski definition) is 1. The van der Waals surface area contributed by atoms with Crippen molar-refractivity contribution in [1.29, 1.82) is 0 Å². The van der Waals surface area contributed by atoms with Crippen molar-refractivity contribution < 1.29 is 13.6 Å². The lowest BCUT2D eigenvalue weighted by atomic mass is 10.1. The second-order valence-corrected chi connectivity index (χ2v) is 8.09. The van der Waals surface area contributed by atoms with Gasteiger partial charge in [-0.3, -0.25) is 4.79 Å². The zero-order chi connectivity index (χ0) is 21.1. The number of anilines is 1. The molecule has 0 saturated heterocycles. The number of nitrogens with one attached hydrogen (secondary N) is 1. The molecule has 2 aromatic heterocycles. The Hall–Kier alpha value is -3.32. The van der Waals surface area contributed by atoms with E-state index in [4.69, 9.17) is 8.83 Å². The number of nitrogens with zero attached hydrogens (tertiary/aromatic N) is 2. The van der Waals surface area contributed by atoms with Crippen molar-refractivity contribution in [1.82, 2.24) is 10.2 Å². The van der Waals surface area contributed by atoms with Crippen LogP contribution in [-0.4, -0.2) is 16.1 Å². The van der Waals surface area contributed by atoms with Gasteiger partial charge in [-0.05, 0) is 67.4 Å². The SMILES string of the molecule is Cc1cc(C)cc(NC(=O)C(Sc2nnc(-c3ccoc3C)o2)c2ccccc2)c1. The lowest BCUT2D eigenvalue weighted by Crippen LogP contribution is -2.19. The van der Waals surface area contributed by atoms with E-state index < -0.39 is 5.25 Å². The lowest BCUT2D eigenvalue weighted by molar-refractivity contribution is -0.115. The van der Waals surface area contributed by atoms with E-state index in [0.29, 0.717) is 16.9 Å². The molecule has 0 aliphatic rings. The fourth-order valence-electron chi connectivity index (χ4n) is 3.23. The molecule has 1 N–H and O–H groups in total. The summed E-state index contributed by atoms with van der Waals surface area (Å²) in [6, 6.07) is 17.3. The van der Waals surface area contributed by atoms with Gasteiger partial charge in [0.2, 0.25) is 5.91 Å². The molecule has 2 aromatic carbocycles. The predicted octanol–water partition coefficient (Wildman–Crippen LogP) is 5.73. The Morgan fingerprint density at radius 3 is 2.40 bits per heavy atom. The minimum absolute atomic E-state index is 0.157. The molecule has 152 valence electrons. The average Bonchev–Trinajstić information content (AvgIpc) is 3.34. The first-order valence-corrected chi connectivity index (χ1v) is 10.4. The quantitative estimate of drug-likeness (QED) is 0.402. The van der Waals surface area contributed by atoms with Gasteiger partial charge in [0.15, 0.2) is 0 Å². The van der Waals surface area contributed by atoms with Crippen LogP contribution in [0.2, 0.25) is 0 Å². The van der Waals surface area contributed by atoms with Crippen molar-refractivity contribution in [2.45, 2.75) is 31.2 Å². The number of rotatable bonds is 6. The molecular weight excluding hydrogens is 398 g/mol. The molecule has 4 aromatic rings. The van der Waals surface area contributed by atoms with Crippen LogP contribution in [0.4, 0.5) is 5.69 Å². The molecule has 0 fully saturated rings. The summed E-state index contributed by atoms with van der Waals surface area (Å²) in [6.07, 6.45) is 1.58. The second-order valence-electron chi connectivity index (χ2n) is 7.04. The van der Waals surface area contributed by atoms with Gasteiger partial charge in [-0.15, -0.1) is 10.2 Å². The van der Waals surface area contributed by atoms with E-state index in [1.165, 1.54) is 11.8 Å². The third-order valence-electron chi connectivity index (χ3n) is 4.54. The zero-order valence-corrected chi connectivity index (χ0v) is 17.7. The Bertz CT molecular complexity index is 1150. The first-order valence-electron chi connectivity index (χ1n) is 9.48. The van der Waals surface area contributed by atoms with Crippen LogP contribution < -0.4 is 5.32 Å². The number of thioether (sulfide) groups is 1. The maximum absolute atomic E-state index is 13.2. The van der Waals surface area contributed by atoms with Gasteiger partial charge in [-0.25, -0.2) is 0 Å². The topological polar surface area (TPSA) is 81.2 Å². The molecule has 1 atom stereocenters. The number of furan rings is 1. The van der Waals surface area contributed by atoms with E-state index in [1.807, 2.05) is 63.2 Å². The van der Waals surface area contributed by atoms with E-state index in [9.17, 15) is 4.79 Å². The molecule has 2 heterocycles. The summed E-state index contributed by atoms with van der Waals surface area (Å²) in [4.78, 5) is 13.2. The second kappa shape index (κ2) is 8.59. The van der Waals surface area contributed by atoms with E-state index in [2.05, 4.69) is 21.6 Å². The predicted molar refractivity (Wildman–Crippen MR) is 116 cm³/mol. The van der Waals surface area contributed by atoms with Gasteiger partial charge in [0, 0.05) is 5.69 Å². The Labute approximate surface area is 178 Å². The summed E-state index contributed by atoms with van der Waals surface area (Å²) >= 11 is 1.22. The zero-order valence-electron chi connectivity index (χ0n) is 16.9. The molecule has 1 unspecified atom stereocenters. The third-order valence-corrected chi connectivity index (χ3v) is 5.63. The summed E-state index contributed by atoms with van der Waals surface area (Å²) in [5.41, 5.74) is 4.53. The molecule has 0 aliphatic carbocycles. The van der Waals surface area contributed by atoms with Crippen molar-refractivity contribution in [3.63, 3.8) is 0 Å². The van der Waals surface area contributed by atoms with Crippen LogP contribution in [-0.2, 0) is 4.79 Å². The Morgan fingerprint density at radius 1 is 1.00 bits per heavy atom. The van der Waals surface area contributed by atoms with Crippen LogP contribution in [0.5, 0.6) is 0 Å². The number of carbonyl (C=O) groups is 1.